The van der Waals surface area contributed by atoms with E-state index in [1.165, 1.54) is 0 Å². The lowest BCUT2D eigenvalue weighted by Gasteiger charge is -2.24. The molecule has 19 heavy (non-hydrogen) atoms. The molecular formula is C13H24N2O4. The van der Waals surface area contributed by atoms with Crippen LogP contribution in [-0.4, -0.2) is 41.9 Å². The van der Waals surface area contributed by atoms with Crippen LogP contribution in [0, 0.1) is 0 Å². The van der Waals surface area contributed by atoms with Crippen molar-refractivity contribution in [1.29, 1.82) is 0 Å². The van der Waals surface area contributed by atoms with Gasteiger partial charge >= 0.3 is 12.0 Å². The first-order chi connectivity index (χ1) is 8.95. The maximum Gasteiger partial charge on any atom is 0.315 e. The highest BCUT2D eigenvalue weighted by Crippen LogP contribution is 2.23. The Morgan fingerprint density at radius 2 is 2.21 bits per heavy atom. The van der Waals surface area contributed by atoms with Crippen molar-refractivity contribution >= 4 is 12.0 Å². The second-order valence-electron chi connectivity index (χ2n) is 5.31. The predicted molar refractivity (Wildman–Crippen MR) is 71.1 cm³/mol. The average molecular weight is 272 g/mol. The van der Waals surface area contributed by atoms with E-state index >= 15 is 0 Å². The van der Waals surface area contributed by atoms with Gasteiger partial charge in [0.25, 0.3) is 0 Å². The number of urea groups is 1. The molecule has 0 aromatic rings. The van der Waals surface area contributed by atoms with Crippen molar-refractivity contribution in [3.05, 3.63) is 0 Å². The van der Waals surface area contributed by atoms with Crippen LogP contribution in [0.15, 0.2) is 0 Å². The molecule has 0 saturated carbocycles. The molecule has 0 aliphatic carbocycles. The van der Waals surface area contributed by atoms with Crippen LogP contribution in [0.2, 0.25) is 0 Å². The van der Waals surface area contributed by atoms with Gasteiger partial charge in [-0.25, -0.2) is 4.79 Å². The van der Waals surface area contributed by atoms with E-state index < -0.39 is 5.97 Å². The minimum Gasteiger partial charge on any atom is -0.481 e. The summed E-state index contributed by atoms with van der Waals surface area (Å²) in [6.45, 7) is 5.12. The summed E-state index contributed by atoms with van der Waals surface area (Å²) in [6, 6.07) is -0.642. The van der Waals surface area contributed by atoms with Gasteiger partial charge in [-0.2, -0.15) is 0 Å². The first kappa shape index (κ1) is 15.8. The molecule has 1 aliphatic heterocycles. The van der Waals surface area contributed by atoms with Crippen molar-refractivity contribution in [2.24, 2.45) is 0 Å². The minimum atomic E-state index is -0.898. The second-order valence-corrected chi connectivity index (χ2v) is 5.31. The summed E-state index contributed by atoms with van der Waals surface area (Å²) in [5.74, 6) is -0.898. The summed E-state index contributed by atoms with van der Waals surface area (Å²) in [5.41, 5.74) is -0.287. The summed E-state index contributed by atoms with van der Waals surface area (Å²) in [7, 11) is 0. The van der Waals surface area contributed by atoms with Crippen molar-refractivity contribution in [2.45, 2.75) is 57.6 Å². The van der Waals surface area contributed by atoms with Gasteiger partial charge in [-0.05, 0) is 26.2 Å². The Labute approximate surface area is 113 Å². The molecule has 0 bridgehead atoms. The predicted octanol–water partition coefficient (Wildman–Crippen LogP) is 1.50. The van der Waals surface area contributed by atoms with Crippen LogP contribution in [0.4, 0.5) is 4.79 Å². The van der Waals surface area contributed by atoms with Gasteiger partial charge < -0.3 is 20.5 Å². The van der Waals surface area contributed by atoms with Gasteiger partial charge in [-0.1, -0.05) is 13.3 Å². The third kappa shape index (κ3) is 5.92. The normalized spacial score (nSPS) is 23.9. The lowest BCUT2D eigenvalue weighted by atomic mass is 10.0. The Bertz CT molecular complexity index is 314. The van der Waals surface area contributed by atoms with E-state index in [9.17, 15) is 9.59 Å². The van der Waals surface area contributed by atoms with Crippen LogP contribution < -0.4 is 10.6 Å². The highest BCUT2D eigenvalue weighted by Gasteiger charge is 2.30. The molecular weight excluding hydrogens is 248 g/mol. The molecule has 0 spiro atoms. The molecule has 2 amide bonds. The number of amides is 2. The number of nitrogens with one attached hydrogen (secondary N) is 2. The van der Waals surface area contributed by atoms with Crippen molar-refractivity contribution in [1.82, 2.24) is 10.6 Å². The third-order valence-corrected chi connectivity index (χ3v) is 3.32. The summed E-state index contributed by atoms with van der Waals surface area (Å²) < 4.78 is 5.57. The monoisotopic (exact) mass is 272 g/mol. The average Bonchev–Trinajstić information content (AvgIpc) is 2.74. The van der Waals surface area contributed by atoms with E-state index in [1.807, 2.05) is 13.8 Å². The van der Waals surface area contributed by atoms with Crippen molar-refractivity contribution in [3.63, 3.8) is 0 Å². The number of aliphatic carboxylic acids is 1. The Morgan fingerprint density at radius 1 is 1.47 bits per heavy atom. The Kier molecular flexibility index (Phi) is 6.08. The van der Waals surface area contributed by atoms with Crippen molar-refractivity contribution in [3.8, 4) is 0 Å². The molecule has 1 heterocycles. The summed E-state index contributed by atoms with van der Waals surface area (Å²) in [5, 5.41) is 14.2. The van der Waals surface area contributed by atoms with E-state index in [-0.39, 0.29) is 24.1 Å². The molecule has 1 fully saturated rings. The number of carbonyl (C=O) groups excluding carboxylic acids is 1. The van der Waals surface area contributed by atoms with E-state index in [0.717, 1.165) is 25.9 Å². The van der Waals surface area contributed by atoms with Crippen LogP contribution in [-0.2, 0) is 9.53 Å². The molecule has 0 aromatic carbocycles. The number of hydrogen-bond acceptors (Lipinski definition) is 3. The zero-order valence-corrected chi connectivity index (χ0v) is 11.7. The quantitative estimate of drug-likeness (QED) is 0.655. The molecule has 2 unspecified atom stereocenters. The molecule has 0 radical (unpaired) electrons. The lowest BCUT2D eigenvalue weighted by molar-refractivity contribution is -0.137. The Balaban J connectivity index is 2.33. The van der Waals surface area contributed by atoms with Crippen LogP contribution in [0.1, 0.15) is 46.0 Å². The fourth-order valence-electron chi connectivity index (χ4n) is 2.26. The van der Waals surface area contributed by atoms with Gasteiger partial charge in [0.15, 0.2) is 0 Å². The highest BCUT2D eigenvalue weighted by molar-refractivity contribution is 5.75. The largest absolute Gasteiger partial charge is 0.481 e. The maximum atomic E-state index is 11.7. The van der Waals surface area contributed by atoms with Crippen molar-refractivity contribution in [2.75, 3.05) is 13.2 Å². The standard InChI is InChI=1S/C13H24N2O4/c1-3-5-10(8-11(16)17)15-12(18)14-9-13(2)6-4-7-19-13/h10H,3-9H2,1-2H3,(H,16,17)(H2,14,15,18). The molecule has 1 rings (SSSR count). The molecule has 2 atom stereocenters. The number of hydrogen-bond donors (Lipinski definition) is 3. The zero-order valence-electron chi connectivity index (χ0n) is 11.7. The van der Waals surface area contributed by atoms with E-state index in [1.54, 1.807) is 0 Å². The number of carbonyl (C=O) groups is 2. The van der Waals surface area contributed by atoms with Crippen molar-refractivity contribution < 1.29 is 19.4 Å². The smallest absolute Gasteiger partial charge is 0.315 e. The van der Waals surface area contributed by atoms with Gasteiger partial charge in [-0.15, -0.1) is 0 Å². The van der Waals surface area contributed by atoms with Gasteiger partial charge in [0, 0.05) is 19.2 Å². The lowest BCUT2D eigenvalue weighted by Crippen LogP contribution is -2.48. The number of carboxylic acid groups (broad SMARTS) is 1. The van der Waals surface area contributed by atoms with Gasteiger partial charge in [0.2, 0.25) is 0 Å². The number of ether oxygens (including phenoxy) is 1. The molecule has 0 aromatic heterocycles. The minimum absolute atomic E-state index is 0.0466. The van der Waals surface area contributed by atoms with Gasteiger partial charge in [0.1, 0.15) is 0 Å². The molecule has 6 nitrogen and oxygen atoms in total. The Hall–Kier alpha value is -1.30. The number of carboxylic acids is 1. The van der Waals surface area contributed by atoms with Crippen LogP contribution in [0.5, 0.6) is 0 Å². The first-order valence-electron chi connectivity index (χ1n) is 6.85. The first-order valence-corrected chi connectivity index (χ1v) is 6.85. The van der Waals surface area contributed by atoms with Gasteiger partial charge in [-0.3, -0.25) is 4.79 Å². The van der Waals surface area contributed by atoms with E-state index in [2.05, 4.69) is 10.6 Å². The number of rotatable bonds is 7. The third-order valence-electron chi connectivity index (χ3n) is 3.32. The maximum absolute atomic E-state index is 11.7. The molecule has 110 valence electrons. The topological polar surface area (TPSA) is 87.7 Å². The summed E-state index contributed by atoms with van der Waals surface area (Å²) >= 11 is 0. The molecule has 1 aliphatic rings. The fourth-order valence-corrected chi connectivity index (χ4v) is 2.26. The fraction of sp³-hybridized carbons (Fsp3) is 0.846. The van der Waals surface area contributed by atoms with E-state index in [0.29, 0.717) is 13.0 Å². The molecule has 6 heteroatoms. The SMILES string of the molecule is CCCC(CC(=O)O)NC(=O)NCC1(C)CCCO1. The van der Waals surface area contributed by atoms with Gasteiger partial charge in [0.05, 0.1) is 12.0 Å². The Morgan fingerprint density at radius 3 is 2.74 bits per heavy atom. The second kappa shape index (κ2) is 7.33. The summed E-state index contributed by atoms with van der Waals surface area (Å²) in [4.78, 5) is 22.4. The molecule has 3 N–H and O–H groups in total. The summed E-state index contributed by atoms with van der Waals surface area (Å²) in [6.07, 6.45) is 3.39. The van der Waals surface area contributed by atoms with Crippen LogP contribution in [0.3, 0.4) is 0 Å². The van der Waals surface area contributed by atoms with Crippen LogP contribution in [0.25, 0.3) is 0 Å². The van der Waals surface area contributed by atoms with E-state index in [4.69, 9.17) is 9.84 Å². The zero-order chi connectivity index (χ0) is 14.3. The highest BCUT2D eigenvalue weighted by atomic mass is 16.5. The van der Waals surface area contributed by atoms with Crippen LogP contribution >= 0.6 is 0 Å². The molecule has 1 saturated heterocycles.